The summed E-state index contributed by atoms with van der Waals surface area (Å²) in [6.45, 7) is 5.66. The maximum atomic E-state index is 12.1. The average molecular weight is 277 g/mol. The van der Waals surface area contributed by atoms with Crippen molar-refractivity contribution < 1.29 is 4.79 Å². The number of nitrogens with two attached hydrogens (primary N) is 1. The van der Waals surface area contributed by atoms with Gasteiger partial charge in [0.15, 0.2) is 0 Å². The van der Waals surface area contributed by atoms with Gasteiger partial charge in [-0.3, -0.25) is 9.78 Å². The highest BCUT2D eigenvalue weighted by molar-refractivity contribution is 5.75. The number of carbonyl (C=O) groups is 1. The molecule has 1 heterocycles. The standard InChI is InChI=1S/C16H27N3O/c1-13(2)14(9-10-17)7-8-16(20)19(3)12-15-6-4-5-11-18-15/h4-6,11,13-14H,7-10,12,17H2,1-3H3. The van der Waals surface area contributed by atoms with E-state index >= 15 is 0 Å². The van der Waals surface area contributed by atoms with Gasteiger partial charge in [-0.05, 0) is 43.4 Å². The van der Waals surface area contributed by atoms with Crippen LogP contribution in [0.1, 0.15) is 38.8 Å². The van der Waals surface area contributed by atoms with Crippen molar-refractivity contribution in [3.8, 4) is 0 Å². The molecule has 0 aliphatic rings. The number of pyridine rings is 1. The highest BCUT2D eigenvalue weighted by Crippen LogP contribution is 2.20. The number of rotatable bonds is 8. The summed E-state index contributed by atoms with van der Waals surface area (Å²) in [6.07, 6.45) is 4.25. The molecule has 1 atom stereocenters. The van der Waals surface area contributed by atoms with Gasteiger partial charge in [-0.2, -0.15) is 0 Å². The van der Waals surface area contributed by atoms with Gasteiger partial charge in [0.25, 0.3) is 0 Å². The average Bonchev–Trinajstić information content (AvgIpc) is 2.43. The Balaban J connectivity index is 2.41. The van der Waals surface area contributed by atoms with Crippen molar-refractivity contribution in [2.24, 2.45) is 17.6 Å². The first-order valence-corrected chi connectivity index (χ1v) is 7.38. The second-order valence-electron chi connectivity index (χ2n) is 5.69. The third kappa shape index (κ3) is 5.70. The molecule has 0 aromatic carbocycles. The molecule has 20 heavy (non-hydrogen) atoms. The first kappa shape index (κ1) is 16.6. The van der Waals surface area contributed by atoms with Crippen molar-refractivity contribution in [2.45, 2.75) is 39.7 Å². The van der Waals surface area contributed by atoms with Gasteiger partial charge in [-0.1, -0.05) is 19.9 Å². The van der Waals surface area contributed by atoms with E-state index in [4.69, 9.17) is 5.73 Å². The lowest BCUT2D eigenvalue weighted by molar-refractivity contribution is -0.130. The van der Waals surface area contributed by atoms with Crippen molar-refractivity contribution in [2.75, 3.05) is 13.6 Å². The van der Waals surface area contributed by atoms with E-state index in [0.29, 0.717) is 31.3 Å². The summed E-state index contributed by atoms with van der Waals surface area (Å²) in [7, 11) is 1.84. The normalized spacial score (nSPS) is 12.4. The van der Waals surface area contributed by atoms with Crippen LogP contribution in [-0.4, -0.2) is 29.4 Å². The minimum absolute atomic E-state index is 0.179. The number of nitrogens with zero attached hydrogens (tertiary/aromatic N) is 2. The molecule has 1 aromatic heterocycles. The van der Waals surface area contributed by atoms with Gasteiger partial charge < -0.3 is 10.6 Å². The van der Waals surface area contributed by atoms with Crippen LogP contribution in [0.15, 0.2) is 24.4 Å². The van der Waals surface area contributed by atoms with Gasteiger partial charge in [0, 0.05) is 19.7 Å². The van der Waals surface area contributed by atoms with Crippen LogP contribution in [0.5, 0.6) is 0 Å². The van der Waals surface area contributed by atoms with Crippen LogP contribution in [0.2, 0.25) is 0 Å². The molecule has 4 heteroatoms. The molecule has 2 N–H and O–H groups in total. The summed E-state index contributed by atoms with van der Waals surface area (Å²) >= 11 is 0. The lowest BCUT2D eigenvalue weighted by Gasteiger charge is -2.22. The summed E-state index contributed by atoms with van der Waals surface area (Å²) in [6, 6.07) is 5.76. The molecule has 1 aromatic rings. The van der Waals surface area contributed by atoms with Crippen molar-refractivity contribution >= 4 is 5.91 Å². The molecule has 0 bridgehead atoms. The Bertz CT molecular complexity index is 392. The Kier molecular flexibility index (Phi) is 7.23. The molecular formula is C16H27N3O. The highest BCUT2D eigenvalue weighted by atomic mass is 16.2. The van der Waals surface area contributed by atoms with E-state index in [0.717, 1.165) is 18.5 Å². The summed E-state index contributed by atoms with van der Waals surface area (Å²) in [4.78, 5) is 18.1. The van der Waals surface area contributed by atoms with Gasteiger partial charge >= 0.3 is 0 Å². The van der Waals surface area contributed by atoms with Crippen LogP contribution < -0.4 is 5.73 Å². The molecule has 0 saturated carbocycles. The zero-order valence-electron chi connectivity index (χ0n) is 12.9. The SMILES string of the molecule is CC(C)C(CCN)CCC(=O)N(C)Cc1ccccn1. The third-order valence-corrected chi connectivity index (χ3v) is 3.76. The van der Waals surface area contributed by atoms with Crippen molar-refractivity contribution in [3.63, 3.8) is 0 Å². The predicted octanol–water partition coefficient (Wildman–Crippen LogP) is 2.44. The first-order chi connectivity index (χ1) is 9.54. The second kappa shape index (κ2) is 8.69. The van der Waals surface area contributed by atoms with Crippen molar-refractivity contribution in [1.82, 2.24) is 9.88 Å². The smallest absolute Gasteiger partial charge is 0.222 e. The fourth-order valence-corrected chi connectivity index (χ4v) is 2.35. The monoisotopic (exact) mass is 277 g/mol. The number of hydrogen-bond donors (Lipinski definition) is 1. The highest BCUT2D eigenvalue weighted by Gasteiger charge is 2.16. The van der Waals surface area contributed by atoms with E-state index < -0.39 is 0 Å². The molecule has 1 rings (SSSR count). The number of hydrogen-bond acceptors (Lipinski definition) is 3. The molecular weight excluding hydrogens is 250 g/mol. The molecule has 0 aliphatic heterocycles. The molecule has 0 fully saturated rings. The van der Waals surface area contributed by atoms with E-state index in [-0.39, 0.29) is 5.91 Å². The van der Waals surface area contributed by atoms with Crippen LogP contribution in [0.3, 0.4) is 0 Å². The molecule has 1 amide bonds. The molecule has 0 saturated heterocycles. The zero-order valence-corrected chi connectivity index (χ0v) is 12.9. The van der Waals surface area contributed by atoms with Gasteiger partial charge in [0.2, 0.25) is 5.91 Å². The van der Waals surface area contributed by atoms with Crippen LogP contribution in [0, 0.1) is 11.8 Å². The molecule has 1 unspecified atom stereocenters. The minimum Gasteiger partial charge on any atom is -0.340 e. The largest absolute Gasteiger partial charge is 0.340 e. The topological polar surface area (TPSA) is 59.2 Å². The van der Waals surface area contributed by atoms with E-state index in [1.807, 2.05) is 25.2 Å². The first-order valence-electron chi connectivity index (χ1n) is 7.38. The quantitative estimate of drug-likeness (QED) is 0.794. The molecule has 0 aliphatic carbocycles. The van der Waals surface area contributed by atoms with Gasteiger partial charge in [0.05, 0.1) is 12.2 Å². The Morgan fingerprint density at radius 2 is 2.10 bits per heavy atom. The van der Waals surface area contributed by atoms with Gasteiger partial charge in [-0.25, -0.2) is 0 Å². The predicted molar refractivity (Wildman–Crippen MR) is 81.9 cm³/mol. The Morgan fingerprint density at radius 3 is 2.65 bits per heavy atom. The van der Waals surface area contributed by atoms with E-state index in [2.05, 4.69) is 18.8 Å². The van der Waals surface area contributed by atoms with E-state index in [1.54, 1.807) is 11.1 Å². The van der Waals surface area contributed by atoms with Crippen molar-refractivity contribution in [3.05, 3.63) is 30.1 Å². The lowest BCUT2D eigenvalue weighted by Crippen LogP contribution is -2.27. The van der Waals surface area contributed by atoms with Crippen molar-refractivity contribution in [1.29, 1.82) is 0 Å². The van der Waals surface area contributed by atoms with E-state index in [9.17, 15) is 4.79 Å². The summed E-state index contributed by atoms with van der Waals surface area (Å²) in [5.74, 6) is 1.29. The lowest BCUT2D eigenvalue weighted by atomic mass is 9.88. The van der Waals surface area contributed by atoms with Crippen LogP contribution >= 0.6 is 0 Å². The zero-order chi connectivity index (χ0) is 15.0. The van der Waals surface area contributed by atoms with E-state index in [1.165, 1.54) is 0 Å². The van der Waals surface area contributed by atoms with Crippen LogP contribution in [0.4, 0.5) is 0 Å². The van der Waals surface area contributed by atoms with Crippen LogP contribution in [0.25, 0.3) is 0 Å². The fourth-order valence-electron chi connectivity index (χ4n) is 2.35. The summed E-state index contributed by atoms with van der Waals surface area (Å²) in [5, 5.41) is 0. The van der Waals surface area contributed by atoms with Gasteiger partial charge in [0.1, 0.15) is 0 Å². The molecule has 4 nitrogen and oxygen atoms in total. The maximum absolute atomic E-state index is 12.1. The Labute approximate surface area is 122 Å². The Morgan fingerprint density at radius 1 is 1.35 bits per heavy atom. The minimum atomic E-state index is 0.179. The molecule has 0 radical (unpaired) electrons. The molecule has 112 valence electrons. The van der Waals surface area contributed by atoms with Crippen LogP contribution in [-0.2, 0) is 11.3 Å². The maximum Gasteiger partial charge on any atom is 0.222 e. The Hall–Kier alpha value is -1.42. The molecule has 0 spiro atoms. The number of amides is 1. The third-order valence-electron chi connectivity index (χ3n) is 3.76. The summed E-state index contributed by atoms with van der Waals surface area (Å²) < 4.78 is 0. The number of carbonyl (C=O) groups excluding carboxylic acids is 1. The number of aromatic nitrogens is 1. The van der Waals surface area contributed by atoms with Gasteiger partial charge in [-0.15, -0.1) is 0 Å². The second-order valence-corrected chi connectivity index (χ2v) is 5.69. The fraction of sp³-hybridized carbons (Fsp3) is 0.625. The summed E-state index contributed by atoms with van der Waals surface area (Å²) in [5.41, 5.74) is 6.55.